The number of hydrogen-bond acceptors (Lipinski definition) is 4. The average Bonchev–Trinajstić information content (AvgIpc) is 2.63. The van der Waals surface area contributed by atoms with Crippen molar-refractivity contribution in [3.63, 3.8) is 0 Å². The maximum Gasteiger partial charge on any atom is 0.122 e. The summed E-state index contributed by atoms with van der Waals surface area (Å²) < 4.78 is 11.3. The molecule has 0 unspecified atom stereocenters. The smallest absolute Gasteiger partial charge is 0.122 e. The molecule has 0 saturated carbocycles. The Morgan fingerprint density at radius 3 is 1.92 bits per heavy atom. The molecule has 0 heterocycles. The van der Waals surface area contributed by atoms with Crippen molar-refractivity contribution in [2.45, 2.75) is 9.79 Å². The molecule has 24 heavy (non-hydrogen) atoms. The number of para-hydroxylation sites is 2. The van der Waals surface area contributed by atoms with Crippen molar-refractivity contribution in [2.24, 2.45) is 0 Å². The van der Waals surface area contributed by atoms with Crippen molar-refractivity contribution >= 4 is 17.4 Å². The van der Waals surface area contributed by atoms with Gasteiger partial charge < -0.3 is 15.2 Å². The highest BCUT2D eigenvalue weighted by molar-refractivity contribution is 7.99. The van der Waals surface area contributed by atoms with E-state index in [1.54, 1.807) is 11.8 Å². The Hall–Kier alpha value is -2.59. The molecule has 3 aromatic carbocycles. The van der Waals surface area contributed by atoms with E-state index < -0.39 is 0 Å². The summed E-state index contributed by atoms with van der Waals surface area (Å²) in [5.74, 6) is 1.69. The molecule has 3 nitrogen and oxygen atoms in total. The monoisotopic (exact) mass is 337 g/mol. The van der Waals surface area contributed by atoms with E-state index in [0.717, 1.165) is 27.0 Å². The SMILES string of the molecule is Nc1ccccc1Sc1ccc(OCCOc2ccccc2)cc1. The van der Waals surface area contributed by atoms with Crippen LogP contribution in [0.2, 0.25) is 0 Å². The van der Waals surface area contributed by atoms with Crippen LogP contribution in [0.1, 0.15) is 0 Å². The molecule has 2 N–H and O–H groups in total. The Kier molecular flexibility index (Phi) is 5.64. The van der Waals surface area contributed by atoms with Gasteiger partial charge in [0, 0.05) is 15.5 Å². The number of benzene rings is 3. The second-order valence-electron chi connectivity index (χ2n) is 5.12. The molecular weight excluding hydrogens is 318 g/mol. The number of anilines is 1. The fraction of sp³-hybridized carbons (Fsp3) is 0.100. The van der Waals surface area contributed by atoms with E-state index in [1.165, 1.54) is 0 Å². The molecule has 0 saturated heterocycles. The van der Waals surface area contributed by atoms with Crippen LogP contribution >= 0.6 is 11.8 Å². The van der Waals surface area contributed by atoms with Crippen LogP contribution in [0.4, 0.5) is 5.69 Å². The molecule has 0 aliphatic rings. The van der Waals surface area contributed by atoms with Crippen LogP contribution in [0.25, 0.3) is 0 Å². The lowest BCUT2D eigenvalue weighted by molar-refractivity contribution is 0.217. The van der Waals surface area contributed by atoms with E-state index in [0.29, 0.717) is 13.2 Å². The third kappa shape index (κ3) is 4.70. The summed E-state index contributed by atoms with van der Waals surface area (Å²) in [6.07, 6.45) is 0. The summed E-state index contributed by atoms with van der Waals surface area (Å²) in [6, 6.07) is 25.6. The Bertz CT molecular complexity index is 760. The molecular formula is C20H19NO2S. The standard InChI is InChI=1S/C20H19NO2S/c21-19-8-4-5-9-20(19)24-18-12-10-17(11-13-18)23-15-14-22-16-6-2-1-3-7-16/h1-13H,14-15,21H2. The zero-order valence-corrected chi connectivity index (χ0v) is 14.0. The van der Waals surface area contributed by atoms with Gasteiger partial charge in [0.1, 0.15) is 24.7 Å². The number of hydrogen-bond donors (Lipinski definition) is 1. The van der Waals surface area contributed by atoms with Gasteiger partial charge in [-0.05, 0) is 48.5 Å². The summed E-state index contributed by atoms with van der Waals surface area (Å²) in [6.45, 7) is 1.02. The lowest BCUT2D eigenvalue weighted by atomic mass is 10.3. The van der Waals surface area contributed by atoms with Crippen LogP contribution in [-0.4, -0.2) is 13.2 Å². The minimum atomic E-state index is 0.507. The van der Waals surface area contributed by atoms with Gasteiger partial charge in [-0.2, -0.15) is 0 Å². The minimum absolute atomic E-state index is 0.507. The van der Waals surface area contributed by atoms with Crippen LogP contribution in [0, 0.1) is 0 Å². The van der Waals surface area contributed by atoms with Crippen LogP contribution < -0.4 is 15.2 Å². The van der Waals surface area contributed by atoms with Crippen molar-refractivity contribution in [3.05, 3.63) is 78.9 Å². The Morgan fingerprint density at radius 2 is 1.25 bits per heavy atom. The lowest BCUT2D eigenvalue weighted by Gasteiger charge is -2.09. The zero-order valence-electron chi connectivity index (χ0n) is 13.2. The predicted octanol–water partition coefficient (Wildman–Crippen LogP) is 4.88. The molecule has 0 bridgehead atoms. The van der Waals surface area contributed by atoms with Gasteiger partial charge >= 0.3 is 0 Å². The van der Waals surface area contributed by atoms with Crippen LogP contribution in [0.3, 0.4) is 0 Å². The summed E-state index contributed by atoms with van der Waals surface area (Å²) in [5, 5.41) is 0. The first kappa shape index (κ1) is 16.3. The molecule has 3 aromatic rings. The zero-order chi connectivity index (χ0) is 16.6. The molecule has 4 heteroatoms. The van der Waals surface area contributed by atoms with Gasteiger partial charge in [-0.1, -0.05) is 42.1 Å². The number of nitrogen functional groups attached to an aromatic ring is 1. The van der Waals surface area contributed by atoms with Gasteiger partial charge in [-0.25, -0.2) is 0 Å². The van der Waals surface area contributed by atoms with Gasteiger partial charge in [0.2, 0.25) is 0 Å². The number of ether oxygens (including phenoxy) is 2. The largest absolute Gasteiger partial charge is 0.490 e. The number of rotatable bonds is 7. The Balaban J connectivity index is 1.47. The van der Waals surface area contributed by atoms with Crippen molar-refractivity contribution in [2.75, 3.05) is 18.9 Å². The molecule has 0 radical (unpaired) electrons. The van der Waals surface area contributed by atoms with Crippen LogP contribution in [0.15, 0.2) is 88.7 Å². The highest BCUT2D eigenvalue weighted by Gasteiger charge is 2.02. The van der Waals surface area contributed by atoms with Crippen molar-refractivity contribution in [3.8, 4) is 11.5 Å². The molecule has 122 valence electrons. The summed E-state index contributed by atoms with van der Waals surface area (Å²) in [4.78, 5) is 2.18. The molecule has 3 rings (SSSR count). The topological polar surface area (TPSA) is 44.5 Å². The molecule has 0 aliphatic heterocycles. The molecule has 0 aromatic heterocycles. The first-order chi connectivity index (χ1) is 11.8. The Labute approximate surface area is 146 Å². The van der Waals surface area contributed by atoms with E-state index in [2.05, 4.69) is 0 Å². The predicted molar refractivity (Wildman–Crippen MR) is 98.9 cm³/mol. The van der Waals surface area contributed by atoms with Crippen molar-refractivity contribution < 1.29 is 9.47 Å². The van der Waals surface area contributed by atoms with Gasteiger partial charge in [0.05, 0.1) is 0 Å². The van der Waals surface area contributed by atoms with Gasteiger partial charge in [-0.3, -0.25) is 0 Å². The highest BCUT2D eigenvalue weighted by Crippen LogP contribution is 2.32. The maximum absolute atomic E-state index is 5.97. The van der Waals surface area contributed by atoms with E-state index in [4.69, 9.17) is 15.2 Å². The normalized spacial score (nSPS) is 10.3. The molecule has 0 fully saturated rings. The maximum atomic E-state index is 5.97. The van der Waals surface area contributed by atoms with Gasteiger partial charge in [0.25, 0.3) is 0 Å². The average molecular weight is 337 g/mol. The van der Waals surface area contributed by atoms with E-state index in [-0.39, 0.29) is 0 Å². The number of nitrogens with two attached hydrogens (primary N) is 1. The quantitative estimate of drug-likeness (QED) is 0.493. The van der Waals surface area contributed by atoms with E-state index in [9.17, 15) is 0 Å². The van der Waals surface area contributed by atoms with Crippen LogP contribution in [0.5, 0.6) is 11.5 Å². The first-order valence-electron chi connectivity index (χ1n) is 7.74. The third-order valence-corrected chi connectivity index (χ3v) is 4.43. The highest BCUT2D eigenvalue weighted by atomic mass is 32.2. The molecule has 0 amide bonds. The summed E-state index contributed by atoms with van der Waals surface area (Å²) in [5.41, 5.74) is 6.76. The third-order valence-electron chi connectivity index (χ3n) is 3.33. The van der Waals surface area contributed by atoms with Crippen molar-refractivity contribution in [1.29, 1.82) is 0 Å². The van der Waals surface area contributed by atoms with E-state index in [1.807, 2.05) is 78.9 Å². The van der Waals surface area contributed by atoms with E-state index >= 15 is 0 Å². The van der Waals surface area contributed by atoms with Crippen molar-refractivity contribution in [1.82, 2.24) is 0 Å². The fourth-order valence-electron chi connectivity index (χ4n) is 2.14. The Morgan fingerprint density at radius 1 is 0.667 bits per heavy atom. The second-order valence-corrected chi connectivity index (χ2v) is 6.24. The minimum Gasteiger partial charge on any atom is -0.490 e. The summed E-state index contributed by atoms with van der Waals surface area (Å²) >= 11 is 1.64. The summed E-state index contributed by atoms with van der Waals surface area (Å²) in [7, 11) is 0. The van der Waals surface area contributed by atoms with Crippen LogP contribution in [-0.2, 0) is 0 Å². The fourth-order valence-corrected chi connectivity index (χ4v) is 3.00. The van der Waals surface area contributed by atoms with Gasteiger partial charge in [0.15, 0.2) is 0 Å². The first-order valence-corrected chi connectivity index (χ1v) is 8.56. The van der Waals surface area contributed by atoms with Gasteiger partial charge in [-0.15, -0.1) is 0 Å². The lowest BCUT2D eigenvalue weighted by Crippen LogP contribution is -2.08. The molecule has 0 atom stereocenters. The molecule has 0 aliphatic carbocycles. The second kappa shape index (κ2) is 8.31. The molecule has 0 spiro atoms.